The molecule has 3 N–H and O–H groups in total. The number of guanidine groups is 1. The second-order valence-corrected chi connectivity index (χ2v) is 7.11. The Morgan fingerprint density at radius 3 is 2.54 bits per heavy atom. The average Bonchev–Trinajstić information content (AvgIpc) is 3.11. The van der Waals surface area contributed by atoms with E-state index in [1.54, 1.807) is 7.05 Å². The van der Waals surface area contributed by atoms with Gasteiger partial charge in [-0.2, -0.15) is 0 Å². The van der Waals surface area contributed by atoms with Crippen molar-refractivity contribution in [2.24, 2.45) is 10.4 Å². The minimum absolute atomic E-state index is 0. The lowest BCUT2D eigenvalue weighted by Gasteiger charge is -2.27. The van der Waals surface area contributed by atoms with Crippen molar-refractivity contribution in [3.8, 4) is 11.3 Å². The van der Waals surface area contributed by atoms with Crippen molar-refractivity contribution in [3.63, 3.8) is 0 Å². The van der Waals surface area contributed by atoms with Crippen LogP contribution in [-0.2, 0) is 11.3 Å². The molecule has 28 heavy (non-hydrogen) atoms. The van der Waals surface area contributed by atoms with Crippen molar-refractivity contribution in [2.75, 3.05) is 27.2 Å². The minimum atomic E-state index is -0.530. The van der Waals surface area contributed by atoms with Gasteiger partial charge in [-0.3, -0.25) is 9.79 Å². The van der Waals surface area contributed by atoms with Gasteiger partial charge in [0.1, 0.15) is 5.82 Å². The van der Waals surface area contributed by atoms with Crippen LogP contribution in [0, 0.1) is 5.41 Å². The van der Waals surface area contributed by atoms with Gasteiger partial charge in [-0.05, 0) is 26.3 Å². The van der Waals surface area contributed by atoms with Crippen molar-refractivity contribution >= 4 is 35.8 Å². The number of amides is 1. The lowest BCUT2D eigenvalue weighted by Crippen LogP contribution is -2.48. The van der Waals surface area contributed by atoms with Crippen LogP contribution in [0.25, 0.3) is 11.3 Å². The summed E-state index contributed by atoms with van der Waals surface area (Å²) in [5, 5.41) is 6.15. The fourth-order valence-corrected chi connectivity index (χ4v) is 2.67. The molecule has 0 aliphatic heterocycles. The van der Waals surface area contributed by atoms with E-state index in [9.17, 15) is 4.79 Å². The predicted octanol–water partition coefficient (Wildman–Crippen LogP) is 2.86. The number of imidazole rings is 1. The number of aliphatic imine (C=N–C) groups is 1. The first-order valence-electron chi connectivity index (χ1n) is 9.16. The molecular formula is C20H31IN6O. The summed E-state index contributed by atoms with van der Waals surface area (Å²) in [7, 11) is 3.68. The summed E-state index contributed by atoms with van der Waals surface area (Å²) < 4.78 is 0. The highest BCUT2D eigenvalue weighted by Crippen LogP contribution is 2.17. The van der Waals surface area contributed by atoms with Gasteiger partial charge in [0.15, 0.2) is 5.96 Å². The molecule has 8 heteroatoms. The summed E-state index contributed by atoms with van der Waals surface area (Å²) >= 11 is 0. The number of benzene rings is 1. The van der Waals surface area contributed by atoms with Crippen LogP contribution < -0.4 is 10.6 Å². The molecule has 2 rings (SSSR count). The second-order valence-electron chi connectivity index (χ2n) is 7.11. The molecule has 0 fully saturated rings. The number of aromatic nitrogens is 2. The molecule has 0 saturated carbocycles. The Hall–Kier alpha value is -2.10. The van der Waals surface area contributed by atoms with E-state index >= 15 is 0 Å². The van der Waals surface area contributed by atoms with E-state index in [-0.39, 0.29) is 29.9 Å². The van der Waals surface area contributed by atoms with E-state index in [2.05, 4.69) is 25.6 Å². The highest BCUT2D eigenvalue weighted by atomic mass is 127. The number of nitrogens with zero attached hydrogens (tertiary/aromatic N) is 3. The zero-order valence-electron chi connectivity index (χ0n) is 17.2. The summed E-state index contributed by atoms with van der Waals surface area (Å²) in [6, 6.07) is 10.1. The van der Waals surface area contributed by atoms with Crippen molar-refractivity contribution in [1.29, 1.82) is 0 Å². The number of rotatable bonds is 7. The molecule has 1 amide bonds. The van der Waals surface area contributed by atoms with Crippen LogP contribution in [0.15, 0.2) is 41.5 Å². The van der Waals surface area contributed by atoms with Crippen LogP contribution in [0.1, 0.15) is 26.6 Å². The van der Waals surface area contributed by atoms with Crippen molar-refractivity contribution in [1.82, 2.24) is 25.5 Å². The van der Waals surface area contributed by atoms with Gasteiger partial charge in [0.25, 0.3) is 0 Å². The van der Waals surface area contributed by atoms with Gasteiger partial charge in [0.2, 0.25) is 5.91 Å². The van der Waals surface area contributed by atoms with Crippen LogP contribution >= 0.6 is 24.0 Å². The number of carbonyl (C=O) groups is 1. The summed E-state index contributed by atoms with van der Waals surface area (Å²) in [5.74, 6) is 1.58. The molecule has 0 spiro atoms. The number of hydrogen-bond donors (Lipinski definition) is 3. The highest BCUT2D eigenvalue weighted by molar-refractivity contribution is 14.0. The normalized spacial score (nSPS) is 11.5. The molecule has 1 heterocycles. The first kappa shape index (κ1) is 23.9. The largest absolute Gasteiger partial charge is 0.356 e. The Morgan fingerprint density at radius 2 is 1.93 bits per heavy atom. The lowest BCUT2D eigenvalue weighted by atomic mass is 9.92. The van der Waals surface area contributed by atoms with Crippen LogP contribution in [0.3, 0.4) is 0 Å². The second kappa shape index (κ2) is 11.0. The van der Waals surface area contributed by atoms with Crippen LogP contribution in [0.4, 0.5) is 0 Å². The molecule has 0 aliphatic carbocycles. The van der Waals surface area contributed by atoms with Gasteiger partial charge in [-0.1, -0.05) is 30.3 Å². The maximum atomic E-state index is 12.1. The summed E-state index contributed by atoms with van der Waals surface area (Å²) in [6.45, 7) is 7.44. The Labute approximate surface area is 184 Å². The van der Waals surface area contributed by atoms with Gasteiger partial charge in [0.05, 0.1) is 23.9 Å². The third kappa shape index (κ3) is 6.50. The topological polar surface area (TPSA) is 85.4 Å². The summed E-state index contributed by atoms with van der Waals surface area (Å²) in [5.41, 5.74) is 1.56. The molecular weight excluding hydrogens is 467 g/mol. The van der Waals surface area contributed by atoms with Gasteiger partial charge in [0, 0.05) is 27.2 Å². The fourth-order valence-electron chi connectivity index (χ4n) is 2.67. The SMILES string of the molecule is CCNC(=O)C(C)(C)CNC(=NC)N(C)Cc1ncc(-c2ccccc2)[nH]1.I. The molecule has 0 aliphatic rings. The lowest BCUT2D eigenvalue weighted by molar-refractivity contribution is -0.128. The van der Waals surface area contributed by atoms with E-state index in [1.807, 2.05) is 69.2 Å². The monoisotopic (exact) mass is 498 g/mol. The maximum absolute atomic E-state index is 12.1. The van der Waals surface area contributed by atoms with Crippen LogP contribution in [-0.4, -0.2) is 53.9 Å². The molecule has 0 saturated heterocycles. The third-order valence-corrected chi connectivity index (χ3v) is 4.31. The minimum Gasteiger partial charge on any atom is -0.356 e. The third-order valence-electron chi connectivity index (χ3n) is 4.31. The molecule has 1 aromatic heterocycles. The van der Waals surface area contributed by atoms with Crippen LogP contribution in [0.5, 0.6) is 0 Å². The number of aromatic amines is 1. The van der Waals surface area contributed by atoms with E-state index < -0.39 is 5.41 Å². The van der Waals surface area contributed by atoms with E-state index in [1.165, 1.54) is 0 Å². The zero-order chi connectivity index (χ0) is 19.9. The van der Waals surface area contributed by atoms with Gasteiger partial charge < -0.3 is 20.5 Å². The van der Waals surface area contributed by atoms with Crippen LogP contribution in [0.2, 0.25) is 0 Å². The number of carbonyl (C=O) groups excluding carboxylic acids is 1. The molecule has 0 atom stereocenters. The van der Waals surface area contributed by atoms with Crippen molar-refractivity contribution < 1.29 is 4.79 Å². The molecule has 154 valence electrons. The first-order valence-corrected chi connectivity index (χ1v) is 9.16. The molecule has 0 bridgehead atoms. The number of halogens is 1. The Bertz CT molecular complexity index is 772. The molecule has 2 aromatic rings. The molecule has 0 radical (unpaired) electrons. The highest BCUT2D eigenvalue weighted by Gasteiger charge is 2.27. The molecule has 0 unspecified atom stereocenters. The van der Waals surface area contributed by atoms with Crippen molar-refractivity contribution in [3.05, 3.63) is 42.4 Å². The van der Waals surface area contributed by atoms with E-state index in [0.29, 0.717) is 25.6 Å². The molecule has 1 aromatic carbocycles. The fraction of sp³-hybridized carbons (Fsp3) is 0.450. The van der Waals surface area contributed by atoms with E-state index in [4.69, 9.17) is 0 Å². The quantitative estimate of drug-likeness (QED) is 0.312. The Morgan fingerprint density at radius 1 is 1.25 bits per heavy atom. The predicted molar refractivity (Wildman–Crippen MR) is 125 cm³/mol. The van der Waals surface area contributed by atoms with E-state index in [0.717, 1.165) is 17.1 Å². The molecule has 7 nitrogen and oxygen atoms in total. The van der Waals surface area contributed by atoms with Gasteiger partial charge >= 0.3 is 0 Å². The number of nitrogens with one attached hydrogen (secondary N) is 3. The number of H-pyrrole nitrogens is 1. The summed E-state index contributed by atoms with van der Waals surface area (Å²) in [4.78, 5) is 26.2. The zero-order valence-corrected chi connectivity index (χ0v) is 19.6. The maximum Gasteiger partial charge on any atom is 0.227 e. The van der Waals surface area contributed by atoms with Gasteiger partial charge in [-0.25, -0.2) is 4.98 Å². The first-order chi connectivity index (χ1) is 12.9. The smallest absolute Gasteiger partial charge is 0.227 e. The Balaban J connectivity index is 0.00000392. The number of hydrogen-bond acceptors (Lipinski definition) is 3. The summed E-state index contributed by atoms with van der Waals surface area (Å²) in [6.07, 6.45) is 1.84. The average molecular weight is 498 g/mol. The van der Waals surface area contributed by atoms with Crippen molar-refractivity contribution in [2.45, 2.75) is 27.3 Å². The Kier molecular flexibility index (Phi) is 9.44. The standard InChI is InChI=1S/C20H30N6O.HI/c1-6-22-18(27)20(2,3)14-24-19(21-4)26(5)13-17-23-12-16(25-17)15-10-8-7-9-11-15;/h7-12H,6,13-14H2,1-5H3,(H,21,24)(H,22,27)(H,23,25);1H. The van der Waals surface area contributed by atoms with Gasteiger partial charge in [-0.15, -0.1) is 24.0 Å².